The molecule has 2 N–H and O–H groups in total. The maximum absolute atomic E-state index is 4.67. The van der Waals surface area contributed by atoms with Gasteiger partial charge in [0.15, 0.2) is 5.82 Å². The molecule has 25 heavy (non-hydrogen) atoms. The molecule has 7 heteroatoms. The zero-order valence-electron chi connectivity index (χ0n) is 14.4. The largest absolute Gasteiger partial charge is 0.254 e. The molecule has 3 heterocycles. The van der Waals surface area contributed by atoms with Gasteiger partial charge in [0.1, 0.15) is 5.01 Å². The molecule has 1 fully saturated rings. The summed E-state index contributed by atoms with van der Waals surface area (Å²) >= 11 is 1.55. The minimum Gasteiger partial charge on any atom is -0.254 e. The standard InChI is InChI=1S/C18H22N6S/c1-12(2)10-14-11-15(20-19-14)17-21-22-18-24(17)23-16(25-18)9-8-13-6-4-3-5-7-13/h3-9,12,14-15,19-20H,10-11H2,1-2H3/b9-8+. The summed E-state index contributed by atoms with van der Waals surface area (Å²) in [7, 11) is 0. The topological polar surface area (TPSA) is 67.1 Å². The van der Waals surface area contributed by atoms with Gasteiger partial charge >= 0.3 is 0 Å². The van der Waals surface area contributed by atoms with Crippen molar-refractivity contribution in [1.82, 2.24) is 30.7 Å². The van der Waals surface area contributed by atoms with Gasteiger partial charge in [0.05, 0.1) is 6.04 Å². The number of fused-ring (bicyclic) bond motifs is 1. The van der Waals surface area contributed by atoms with Crippen molar-refractivity contribution < 1.29 is 0 Å². The number of aromatic nitrogens is 4. The maximum atomic E-state index is 4.67. The van der Waals surface area contributed by atoms with Crippen molar-refractivity contribution in [1.29, 1.82) is 0 Å². The molecule has 6 nitrogen and oxygen atoms in total. The van der Waals surface area contributed by atoms with Crippen LogP contribution in [0.4, 0.5) is 0 Å². The van der Waals surface area contributed by atoms with Crippen LogP contribution >= 0.6 is 11.3 Å². The van der Waals surface area contributed by atoms with E-state index in [1.165, 1.54) is 0 Å². The highest BCUT2D eigenvalue weighted by molar-refractivity contribution is 7.17. The smallest absolute Gasteiger partial charge is 0.235 e. The first kappa shape index (κ1) is 16.4. The summed E-state index contributed by atoms with van der Waals surface area (Å²) in [5.74, 6) is 1.55. The maximum Gasteiger partial charge on any atom is 0.235 e. The number of hydrazine groups is 1. The van der Waals surface area contributed by atoms with Crippen LogP contribution < -0.4 is 10.9 Å². The van der Waals surface area contributed by atoms with Gasteiger partial charge in [-0.25, -0.2) is 5.43 Å². The Labute approximate surface area is 151 Å². The Bertz CT molecular complexity index is 866. The summed E-state index contributed by atoms with van der Waals surface area (Å²) < 4.78 is 1.87. The molecule has 2 atom stereocenters. The van der Waals surface area contributed by atoms with Gasteiger partial charge in [0.25, 0.3) is 0 Å². The lowest BCUT2D eigenvalue weighted by Gasteiger charge is -2.11. The van der Waals surface area contributed by atoms with E-state index in [-0.39, 0.29) is 6.04 Å². The third-order valence-corrected chi connectivity index (χ3v) is 5.16. The molecular formula is C18H22N6S. The Hall–Kier alpha value is -2.09. The van der Waals surface area contributed by atoms with Crippen LogP contribution in [0.3, 0.4) is 0 Å². The van der Waals surface area contributed by atoms with Crippen LogP contribution in [0.1, 0.15) is 49.1 Å². The summed E-state index contributed by atoms with van der Waals surface area (Å²) in [6.07, 6.45) is 6.25. The summed E-state index contributed by atoms with van der Waals surface area (Å²) in [4.78, 5) is 0.830. The van der Waals surface area contributed by atoms with Crippen molar-refractivity contribution in [2.24, 2.45) is 5.92 Å². The zero-order valence-corrected chi connectivity index (χ0v) is 15.2. The van der Waals surface area contributed by atoms with Gasteiger partial charge < -0.3 is 0 Å². The first-order valence-electron chi connectivity index (χ1n) is 8.65. The van der Waals surface area contributed by atoms with Gasteiger partial charge in [-0.15, -0.1) is 10.2 Å². The summed E-state index contributed by atoms with van der Waals surface area (Å²) in [5, 5.41) is 14.2. The van der Waals surface area contributed by atoms with Gasteiger partial charge in [-0.05, 0) is 30.4 Å². The monoisotopic (exact) mass is 354 g/mol. The quantitative estimate of drug-likeness (QED) is 0.736. The lowest BCUT2D eigenvalue weighted by Crippen LogP contribution is -2.32. The van der Waals surface area contributed by atoms with Gasteiger partial charge in [-0.3, -0.25) is 5.43 Å². The van der Waals surface area contributed by atoms with E-state index in [1.54, 1.807) is 11.3 Å². The van der Waals surface area contributed by atoms with Gasteiger partial charge in [0, 0.05) is 6.04 Å². The van der Waals surface area contributed by atoms with E-state index in [0.29, 0.717) is 12.0 Å². The molecule has 0 bridgehead atoms. The number of nitrogens with zero attached hydrogens (tertiary/aromatic N) is 4. The number of hydrogen-bond donors (Lipinski definition) is 2. The average molecular weight is 354 g/mol. The molecule has 0 saturated carbocycles. The lowest BCUT2D eigenvalue weighted by molar-refractivity contribution is 0.446. The fraction of sp³-hybridized carbons (Fsp3) is 0.389. The molecule has 0 aliphatic carbocycles. The molecule has 1 saturated heterocycles. The molecule has 2 aromatic heterocycles. The first-order valence-corrected chi connectivity index (χ1v) is 9.47. The highest BCUT2D eigenvalue weighted by Gasteiger charge is 2.29. The second kappa shape index (κ2) is 7.03. The van der Waals surface area contributed by atoms with Crippen LogP contribution in [0.25, 0.3) is 17.1 Å². The Morgan fingerprint density at radius 3 is 2.84 bits per heavy atom. The van der Waals surface area contributed by atoms with E-state index < -0.39 is 0 Å². The molecule has 0 spiro atoms. The van der Waals surface area contributed by atoms with Crippen LogP contribution in [0.2, 0.25) is 0 Å². The van der Waals surface area contributed by atoms with Crippen molar-refractivity contribution in [2.45, 2.75) is 38.8 Å². The minimum absolute atomic E-state index is 0.145. The Morgan fingerprint density at radius 2 is 2.04 bits per heavy atom. The summed E-state index contributed by atoms with van der Waals surface area (Å²) in [6.45, 7) is 4.49. The van der Waals surface area contributed by atoms with E-state index >= 15 is 0 Å². The molecular weight excluding hydrogens is 332 g/mol. The van der Waals surface area contributed by atoms with Crippen molar-refractivity contribution in [3.05, 3.63) is 46.7 Å². The molecule has 1 aromatic carbocycles. The van der Waals surface area contributed by atoms with Gasteiger partial charge in [-0.2, -0.15) is 9.61 Å². The second-order valence-corrected chi connectivity index (χ2v) is 7.83. The first-order chi connectivity index (χ1) is 12.2. The third kappa shape index (κ3) is 3.63. The van der Waals surface area contributed by atoms with Crippen LogP contribution in [-0.2, 0) is 0 Å². The molecule has 1 aliphatic rings. The van der Waals surface area contributed by atoms with Gasteiger partial charge in [0.2, 0.25) is 4.96 Å². The molecule has 1 aliphatic heterocycles. The predicted octanol–water partition coefficient (Wildman–Crippen LogP) is 3.31. The molecule has 2 unspecified atom stereocenters. The lowest BCUT2D eigenvalue weighted by atomic mass is 10.00. The molecule has 0 radical (unpaired) electrons. The Morgan fingerprint density at radius 1 is 1.20 bits per heavy atom. The van der Waals surface area contributed by atoms with Crippen molar-refractivity contribution in [3.63, 3.8) is 0 Å². The second-order valence-electron chi connectivity index (χ2n) is 6.84. The van der Waals surface area contributed by atoms with Crippen molar-refractivity contribution in [3.8, 4) is 0 Å². The fourth-order valence-electron chi connectivity index (χ4n) is 3.18. The van der Waals surface area contributed by atoms with E-state index in [0.717, 1.165) is 34.2 Å². The normalized spacial score (nSPS) is 21.1. The molecule has 130 valence electrons. The molecule has 3 aromatic rings. The number of hydrogen-bond acceptors (Lipinski definition) is 6. The van der Waals surface area contributed by atoms with Crippen LogP contribution in [0.15, 0.2) is 30.3 Å². The zero-order chi connectivity index (χ0) is 17.2. The van der Waals surface area contributed by atoms with E-state index in [4.69, 9.17) is 0 Å². The van der Waals surface area contributed by atoms with Crippen LogP contribution in [-0.4, -0.2) is 25.9 Å². The van der Waals surface area contributed by atoms with E-state index in [9.17, 15) is 0 Å². The van der Waals surface area contributed by atoms with Crippen molar-refractivity contribution in [2.75, 3.05) is 0 Å². The van der Waals surface area contributed by atoms with Crippen LogP contribution in [0.5, 0.6) is 0 Å². The fourth-order valence-corrected chi connectivity index (χ4v) is 3.93. The minimum atomic E-state index is 0.145. The number of rotatable bonds is 5. The highest BCUT2D eigenvalue weighted by atomic mass is 32.1. The number of benzene rings is 1. The summed E-state index contributed by atoms with van der Waals surface area (Å²) in [6, 6.07) is 10.8. The molecule has 4 rings (SSSR count). The molecule has 0 amide bonds. The highest BCUT2D eigenvalue weighted by Crippen LogP contribution is 2.26. The predicted molar refractivity (Wildman–Crippen MR) is 101 cm³/mol. The SMILES string of the molecule is CC(C)CC1CC(c2nnc3sc(/C=C/c4ccccc4)nn23)NN1. The van der Waals surface area contributed by atoms with Gasteiger partial charge in [-0.1, -0.05) is 61.6 Å². The Kier molecular flexibility index (Phi) is 4.61. The average Bonchev–Trinajstić information content (AvgIpc) is 3.29. The summed E-state index contributed by atoms with van der Waals surface area (Å²) in [5.41, 5.74) is 7.88. The van der Waals surface area contributed by atoms with E-state index in [2.05, 4.69) is 58.2 Å². The van der Waals surface area contributed by atoms with Crippen molar-refractivity contribution >= 4 is 28.4 Å². The number of nitrogens with one attached hydrogen (secondary N) is 2. The van der Waals surface area contributed by atoms with E-state index in [1.807, 2.05) is 28.8 Å². The van der Waals surface area contributed by atoms with Crippen LogP contribution in [0, 0.1) is 5.92 Å². The Balaban J connectivity index is 1.52. The third-order valence-electron chi connectivity index (χ3n) is 4.30.